The Morgan fingerprint density at radius 2 is 1.70 bits per heavy atom. The topological polar surface area (TPSA) is 33.7 Å². The van der Waals surface area contributed by atoms with Gasteiger partial charge in [-0.2, -0.15) is 0 Å². The van der Waals surface area contributed by atoms with Crippen molar-refractivity contribution in [1.82, 2.24) is 10.2 Å². The second kappa shape index (κ2) is 10.5. The van der Waals surface area contributed by atoms with Crippen molar-refractivity contribution in [2.24, 2.45) is 0 Å². The number of benzene rings is 1. The van der Waals surface area contributed by atoms with Crippen LogP contribution in [0.25, 0.3) is 0 Å². The molecule has 4 heteroatoms. The first-order valence-corrected chi connectivity index (χ1v) is 7.58. The fraction of sp³-hybridized carbons (Fsp3) is 0.625. The van der Waals surface area contributed by atoms with Gasteiger partial charge in [0.1, 0.15) is 18.1 Å². The van der Waals surface area contributed by atoms with E-state index in [1.54, 1.807) is 0 Å². The van der Waals surface area contributed by atoms with Gasteiger partial charge in [-0.15, -0.1) is 0 Å². The minimum absolute atomic E-state index is 0.674. The van der Waals surface area contributed by atoms with E-state index in [9.17, 15) is 0 Å². The van der Waals surface area contributed by atoms with Crippen LogP contribution in [0.1, 0.15) is 20.8 Å². The summed E-state index contributed by atoms with van der Waals surface area (Å²) in [5.74, 6) is 1.72. The molecule has 0 radical (unpaired) electrons. The number of ether oxygens (including phenoxy) is 2. The van der Waals surface area contributed by atoms with Crippen LogP contribution in [0.2, 0.25) is 0 Å². The van der Waals surface area contributed by atoms with Crippen LogP contribution in [0.4, 0.5) is 0 Å². The van der Waals surface area contributed by atoms with Gasteiger partial charge >= 0.3 is 0 Å². The molecule has 0 bridgehead atoms. The van der Waals surface area contributed by atoms with Crippen LogP contribution in [-0.2, 0) is 0 Å². The number of rotatable bonds is 11. The average molecular weight is 280 g/mol. The Labute approximate surface area is 123 Å². The van der Waals surface area contributed by atoms with Crippen molar-refractivity contribution in [1.29, 1.82) is 0 Å². The second-order valence-corrected chi connectivity index (χ2v) is 4.53. The molecule has 0 amide bonds. The third-order valence-corrected chi connectivity index (χ3v) is 3.16. The molecule has 0 heterocycles. The van der Waals surface area contributed by atoms with Gasteiger partial charge < -0.3 is 19.7 Å². The van der Waals surface area contributed by atoms with Gasteiger partial charge in [-0.05, 0) is 32.1 Å². The molecule has 0 aliphatic heterocycles. The zero-order valence-electron chi connectivity index (χ0n) is 13.0. The standard InChI is InChI=1S/C16H28N2O2/c1-4-18(5-2)12-10-17-11-13-20-16-9-7-8-15(14-16)19-6-3/h7-9,14,17H,4-6,10-13H2,1-3H3. The van der Waals surface area contributed by atoms with Crippen molar-refractivity contribution in [3.63, 3.8) is 0 Å². The summed E-state index contributed by atoms with van der Waals surface area (Å²) in [6.07, 6.45) is 0. The number of nitrogens with zero attached hydrogens (tertiary/aromatic N) is 1. The predicted octanol–water partition coefficient (Wildman–Crippen LogP) is 2.40. The molecule has 0 aliphatic carbocycles. The van der Waals surface area contributed by atoms with E-state index in [-0.39, 0.29) is 0 Å². The number of likely N-dealkylation sites (N-methyl/N-ethyl adjacent to an activating group) is 1. The molecule has 4 nitrogen and oxygen atoms in total. The van der Waals surface area contributed by atoms with E-state index < -0.39 is 0 Å². The molecule has 1 aromatic carbocycles. The Kier molecular flexibility index (Phi) is 8.83. The molecular formula is C16H28N2O2. The van der Waals surface area contributed by atoms with E-state index in [1.165, 1.54) is 0 Å². The fourth-order valence-corrected chi connectivity index (χ4v) is 1.96. The molecule has 0 aliphatic rings. The van der Waals surface area contributed by atoms with Gasteiger partial charge in [-0.25, -0.2) is 0 Å². The molecule has 1 N–H and O–H groups in total. The van der Waals surface area contributed by atoms with Crippen molar-refractivity contribution < 1.29 is 9.47 Å². The van der Waals surface area contributed by atoms with Crippen LogP contribution in [0, 0.1) is 0 Å². The minimum atomic E-state index is 0.674. The van der Waals surface area contributed by atoms with Gasteiger partial charge in [0.2, 0.25) is 0 Å². The van der Waals surface area contributed by atoms with Gasteiger partial charge in [-0.3, -0.25) is 0 Å². The van der Waals surface area contributed by atoms with E-state index in [2.05, 4.69) is 24.1 Å². The maximum absolute atomic E-state index is 5.70. The Bertz CT molecular complexity index is 354. The normalized spacial score (nSPS) is 10.8. The molecular weight excluding hydrogens is 252 g/mol. The lowest BCUT2D eigenvalue weighted by atomic mass is 10.3. The summed E-state index contributed by atoms with van der Waals surface area (Å²) in [6.45, 7) is 12.9. The fourth-order valence-electron chi connectivity index (χ4n) is 1.96. The van der Waals surface area contributed by atoms with Crippen molar-refractivity contribution in [2.45, 2.75) is 20.8 Å². The third kappa shape index (κ3) is 6.78. The highest BCUT2D eigenvalue weighted by Crippen LogP contribution is 2.18. The molecule has 0 spiro atoms. The van der Waals surface area contributed by atoms with Crippen molar-refractivity contribution >= 4 is 0 Å². The lowest BCUT2D eigenvalue weighted by molar-refractivity contribution is 0.284. The quantitative estimate of drug-likeness (QED) is 0.631. The minimum Gasteiger partial charge on any atom is -0.494 e. The predicted molar refractivity (Wildman–Crippen MR) is 83.8 cm³/mol. The first-order chi connectivity index (χ1) is 9.80. The summed E-state index contributed by atoms with van der Waals surface area (Å²) in [7, 11) is 0. The van der Waals surface area contributed by atoms with E-state index in [4.69, 9.17) is 9.47 Å². The first kappa shape index (κ1) is 16.8. The molecule has 20 heavy (non-hydrogen) atoms. The summed E-state index contributed by atoms with van der Waals surface area (Å²) in [5, 5.41) is 3.40. The van der Waals surface area contributed by atoms with E-state index in [1.807, 2.05) is 31.2 Å². The number of hydrogen-bond acceptors (Lipinski definition) is 4. The highest BCUT2D eigenvalue weighted by Gasteiger charge is 1.99. The zero-order chi connectivity index (χ0) is 14.6. The van der Waals surface area contributed by atoms with Crippen LogP contribution in [0.5, 0.6) is 11.5 Å². The molecule has 1 rings (SSSR count). The molecule has 0 unspecified atom stereocenters. The van der Waals surface area contributed by atoms with Gasteiger partial charge in [0.25, 0.3) is 0 Å². The molecule has 0 saturated carbocycles. The molecule has 0 atom stereocenters. The van der Waals surface area contributed by atoms with E-state index in [0.29, 0.717) is 13.2 Å². The van der Waals surface area contributed by atoms with Crippen LogP contribution >= 0.6 is 0 Å². The third-order valence-electron chi connectivity index (χ3n) is 3.16. The smallest absolute Gasteiger partial charge is 0.123 e. The molecule has 114 valence electrons. The zero-order valence-corrected chi connectivity index (χ0v) is 13.0. The summed E-state index contributed by atoms with van der Waals surface area (Å²) in [4.78, 5) is 2.40. The summed E-state index contributed by atoms with van der Waals surface area (Å²) < 4.78 is 11.1. The molecule has 0 saturated heterocycles. The van der Waals surface area contributed by atoms with Crippen molar-refractivity contribution in [3.8, 4) is 11.5 Å². The van der Waals surface area contributed by atoms with Crippen molar-refractivity contribution in [3.05, 3.63) is 24.3 Å². The van der Waals surface area contributed by atoms with E-state index in [0.717, 1.165) is 44.2 Å². The van der Waals surface area contributed by atoms with Gasteiger partial charge in [-0.1, -0.05) is 19.9 Å². The molecule has 1 aromatic rings. The Morgan fingerprint density at radius 1 is 1.00 bits per heavy atom. The van der Waals surface area contributed by atoms with E-state index >= 15 is 0 Å². The van der Waals surface area contributed by atoms with Crippen LogP contribution in [-0.4, -0.2) is 50.8 Å². The lowest BCUT2D eigenvalue weighted by Gasteiger charge is -2.18. The van der Waals surface area contributed by atoms with Gasteiger partial charge in [0.15, 0.2) is 0 Å². The number of nitrogens with one attached hydrogen (secondary N) is 1. The highest BCUT2D eigenvalue weighted by molar-refractivity contribution is 5.32. The Balaban J connectivity index is 2.13. The second-order valence-electron chi connectivity index (χ2n) is 4.53. The first-order valence-electron chi connectivity index (χ1n) is 7.58. The van der Waals surface area contributed by atoms with Crippen LogP contribution in [0.15, 0.2) is 24.3 Å². The molecule has 0 aromatic heterocycles. The summed E-state index contributed by atoms with van der Waals surface area (Å²) >= 11 is 0. The highest BCUT2D eigenvalue weighted by atomic mass is 16.5. The van der Waals surface area contributed by atoms with Gasteiger partial charge in [0, 0.05) is 25.7 Å². The monoisotopic (exact) mass is 280 g/mol. The summed E-state index contributed by atoms with van der Waals surface area (Å²) in [5.41, 5.74) is 0. The van der Waals surface area contributed by atoms with Gasteiger partial charge in [0.05, 0.1) is 6.61 Å². The number of hydrogen-bond donors (Lipinski definition) is 1. The van der Waals surface area contributed by atoms with Crippen LogP contribution < -0.4 is 14.8 Å². The maximum atomic E-state index is 5.70. The maximum Gasteiger partial charge on any atom is 0.123 e. The average Bonchev–Trinajstić information content (AvgIpc) is 2.47. The van der Waals surface area contributed by atoms with Crippen molar-refractivity contribution in [2.75, 3.05) is 45.9 Å². The summed E-state index contributed by atoms with van der Waals surface area (Å²) in [6, 6.07) is 7.78. The Morgan fingerprint density at radius 3 is 2.35 bits per heavy atom. The Hall–Kier alpha value is -1.26. The SMILES string of the molecule is CCOc1cccc(OCCNCCN(CC)CC)c1. The lowest BCUT2D eigenvalue weighted by Crippen LogP contribution is -2.33. The van der Waals surface area contributed by atoms with Crippen LogP contribution in [0.3, 0.4) is 0 Å². The molecule has 0 fully saturated rings. The largest absolute Gasteiger partial charge is 0.494 e.